The number of aliphatic hydroxyl groups excluding tert-OH is 1. The summed E-state index contributed by atoms with van der Waals surface area (Å²) in [7, 11) is 1.57. The van der Waals surface area contributed by atoms with Gasteiger partial charge in [-0.1, -0.05) is 11.8 Å². The van der Waals surface area contributed by atoms with Crippen LogP contribution in [0.15, 0.2) is 41.3 Å². The predicted molar refractivity (Wildman–Crippen MR) is 74.6 cm³/mol. The summed E-state index contributed by atoms with van der Waals surface area (Å²) in [5, 5.41) is 12.8. The van der Waals surface area contributed by atoms with E-state index in [9.17, 15) is 4.79 Å². The van der Waals surface area contributed by atoms with Crippen LogP contribution < -0.4 is 10.3 Å². The molecule has 0 aliphatic carbocycles. The van der Waals surface area contributed by atoms with Crippen molar-refractivity contribution in [1.82, 2.24) is 9.78 Å². The predicted octanol–water partition coefficient (Wildman–Crippen LogP) is 0.644. The van der Waals surface area contributed by atoms with Crippen molar-refractivity contribution in [1.29, 1.82) is 0 Å². The minimum Gasteiger partial charge on any atom is -0.497 e. The molecule has 0 aliphatic rings. The number of aromatic nitrogens is 2. The highest BCUT2D eigenvalue weighted by molar-refractivity contribution is 5.45. The first-order valence-electron chi connectivity index (χ1n) is 6.03. The Balaban J connectivity index is 2.42. The van der Waals surface area contributed by atoms with Crippen LogP contribution in [0.5, 0.6) is 5.75 Å². The van der Waals surface area contributed by atoms with E-state index >= 15 is 0 Å². The Hall–Kier alpha value is -2.58. The summed E-state index contributed by atoms with van der Waals surface area (Å²) in [5.74, 6) is 6.13. The zero-order valence-corrected chi connectivity index (χ0v) is 11.0. The lowest BCUT2D eigenvalue weighted by Gasteiger charge is -2.08. The maximum atomic E-state index is 11.7. The Bertz CT molecular complexity index is 711. The lowest BCUT2D eigenvalue weighted by atomic mass is 10.1. The molecule has 0 amide bonds. The van der Waals surface area contributed by atoms with E-state index in [1.807, 2.05) is 6.07 Å². The number of hydrogen-bond acceptors (Lipinski definition) is 4. The molecule has 102 valence electrons. The van der Waals surface area contributed by atoms with E-state index in [0.717, 1.165) is 11.1 Å². The van der Waals surface area contributed by atoms with Crippen molar-refractivity contribution in [3.63, 3.8) is 0 Å². The van der Waals surface area contributed by atoms with Crippen molar-refractivity contribution in [3.8, 4) is 17.6 Å². The van der Waals surface area contributed by atoms with Crippen LogP contribution in [0.1, 0.15) is 11.1 Å². The van der Waals surface area contributed by atoms with Crippen LogP contribution in [-0.4, -0.2) is 28.6 Å². The van der Waals surface area contributed by atoms with Crippen molar-refractivity contribution in [2.75, 3.05) is 13.7 Å². The third-order valence-electron chi connectivity index (χ3n) is 2.72. The summed E-state index contributed by atoms with van der Waals surface area (Å²) >= 11 is 0. The summed E-state index contributed by atoms with van der Waals surface area (Å²) < 4.78 is 6.52. The molecule has 5 heteroatoms. The lowest BCUT2D eigenvalue weighted by molar-refractivity contribution is 0.350. The first kappa shape index (κ1) is 13.8. The van der Waals surface area contributed by atoms with E-state index < -0.39 is 0 Å². The highest BCUT2D eigenvalue weighted by Crippen LogP contribution is 2.17. The number of ether oxygens (including phenoxy) is 1. The average molecular weight is 270 g/mol. The molecule has 2 aromatic rings. The summed E-state index contributed by atoms with van der Waals surface area (Å²) in [4.78, 5) is 11.7. The third-order valence-corrected chi connectivity index (χ3v) is 2.72. The number of rotatable bonds is 3. The standard InChI is InChI=1S/C15H14N2O3/c1-20-14-7-6-12(4-3-9-18)13(10-14)11-17-15(19)5-2-8-16-17/h2,5-8,10,18H,9,11H2,1H3. The molecule has 0 saturated heterocycles. The number of hydrogen-bond donors (Lipinski definition) is 1. The third kappa shape index (κ3) is 3.25. The van der Waals surface area contributed by atoms with Gasteiger partial charge in [0.05, 0.1) is 13.7 Å². The van der Waals surface area contributed by atoms with Gasteiger partial charge in [-0.05, 0) is 29.8 Å². The fraction of sp³-hybridized carbons (Fsp3) is 0.200. The molecule has 0 unspecified atom stereocenters. The second-order valence-corrected chi connectivity index (χ2v) is 4.00. The Kier molecular flexibility index (Phi) is 4.53. The quantitative estimate of drug-likeness (QED) is 0.831. The zero-order valence-electron chi connectivity index (χ0n) is 11.0. The van der Waals surface area contributed by atoms with Gasteiger partial charge in [-0.3, -0.25) is 4.79 Å². The van der Waals surface area contributed by atoms with Crippen molar-refractivity contribution < 1.29 is 9.84 Å². The molecular formula is C15H14N2O3. The van der Waals surface area contributed by atoms with Crippen molar-refractivity contribution in [3.05, 3.63) is 58.0 Å². The molecule has 1 aromatic carbocycles. The first-order valence-corrected chi connectivity index (χ1v) is 6.03. The van der Waals surface area contributed by atoms with Gasteiger partial charge < -0.3 is 9.84 Å². The van der Waals surface area contributed by atoms with Crippen LogP contribution in [-0.2, 0) is 6.54 Å². The molecule has 0 fully saturated rings. The van der Waals surface area contributed by atoms with E-state index in [2.05, 4.69) is 16.9 Å². The fourth-order valence-electron chi connectivity index (χ4n) is 1.75. The van der Waals surface area contributed by atoms with Crippen LogP contribution in [0.25, 0.3) is 0 Å². The van der Waals surface area contributed by atoms with Crippen molar-refractivity contribution >= 4 is 0 Å². The van der Waals surface area contributed by atoms with Gasteiger partial charge in [-0.25, -0.2) is 4.68 Å². The van der Waals surface area contributed by atoms with E-state index in [4.69, 9.17) is 9.84 Å². The van der Waals surface area contributed by atoms with E-state index in [-0.39, 0.29) is 12.2 Å². The topological polar surface area (TPSA) is 64.3 Å². The van der Waals surface area contributed by atoms with E-state index in [0.29, 0.717) is 12.3 Å². The Labute approximate surface area is 116 Å². The maximum absolute atomic E-state index is 11.7. The highest BCUT2D eigenvalue weighted by Gasteiger charge is 2.05. The highest BCUT2D eigenvalue weighted by atomic mass is 16.5. The maximum Gasteiger partial charge on any atom is 0.267 e. The van der Waals surface area contributed by atoms with E-state index in [1.54, 1.807) is 31.5 Å². The van der Waals surface area contributed by atoms with Gasteiger partial charge in [-0.2, -0.15) is 5.10 Å². The summed E-state index contributed by atoms with van der Waals surface area (Å²) in [6.45, 7) is 0.0846. The molecule has 1 heterocycles. The molecule has 0 saturated carbocycles. The van der Waals surface area contributed by atoms with Crippen LogP contribution >= 0.6 is 0 Å². The van der Waals surface area contributed by atoms with Crippen molar-refractivity contribution in [2.45, 2.75) is 6.54 Å². The van der Waals surface area contributed by atoms with Crippen LogP contribution in [0, 0.1) is 11.8 Å². The number of benzene rings is 1. The Morgan fingerprint density at radius 2 is 2.25 bits per heavy atom. The summed E-state index contributed by atoms with van der Waals surface area (Å²) in [5.41, 5.74) is 1.36. The lowest BCUT2D eigenvalue weighted by Crippen LogP contribution is -2.22. The van der Waals surface area contributed by atoms with Crippen molar-refractivity contribution in [2.24, 2.45) is 0 Å². The molecule has 0 spiro atoms. The molecule has 1 N–H and O–H groups in total. The van der Waals surface area contributed by atoms with Crippen LogP contribution in [0.4, 0.5) is 0 Å². The second kappa shape index (κ2) is 6.55. The van der Waals surface area contributed by atoms with Gasteiger partial charge in [0, 0.05) is 17.8 Å². The molecule has 0 radical (unpaired) electrons. The van der Waals surface area contributed by atoms with Gasteiger partial charge >= 0.3 is 0 Å². The second-order valence-electron chi connectivity index (χ2n) is 4.00. The van der Waals surface area contributed by atoms with E-state index in [1.165, 1.54) is 10.7 Å². The Morgan fingerprint density at radius 1 is 1.40 bits per heavy atom. The monoisotopic (exact) mass is 270 g/mol. The molecule has 2 rings (SSSR count). The normalized spacial score (nSPS) is 9.70. The summed E-state index contributed by atoms with van der Waals surface area (Å²) in [6, 6.07) is 8.43. The Morgan fingerprint density at radius 3 is 2.95 bits per heavy atom. The first-order chi connectivity index (χ1) is 9.74. The van der Waals surface area contributed by atoms with Gasteiger partial charge in [0.2, 0.25) is 0 Å². The SMILES string of the molecule is COc1ccc(C#CCO)c(Cn2ncccc2=O)c1. The molecule has 0 bridgehead atoms. The van der Waals surface area contributed by atoms with Gasteiger partial charge in [-0.15, -0.1) is 0 Å². The van der Waals surface area contributed by atoms with Gasteiger partial charge in [0.15, 0.2) is 0 Å². The molecule has 20 heavy (non-hydrogen) atoms. The zero-order chi connectivity index (χ0) is 14.4. The van der Waals surface area contributed by atoms with Crippen LogP contribution in [0.3, 0.4) is 0 Å². The average Bonchev–Trinajstić information content (AvgIpc) is 2.48. The molecule has 1 aromatic heterocycles. The molecule has 0 aliphatic heterocycles. The van der Waals surface area contributed by atoms with Gasteiger partial charge in [0.25, 0.3) is 5.56 Å². The number of nitrogens with zero attached hydrogens (tertiary/aromatic N) is 2. The minimum absolute atomic E-state index is 0.184. The minimum atomic E-state index is -0.213. The summed E-state index contributed by atoms with van der Waals surface area (Å²) in [6.07, 6.45) is 1.56. The van der Waals surface area contributed by atoms with Gasteiger partial charge in [0.1, 0.15) is 12.4 Å². The molecule has 5 nitrogen and oxygen atoms in total. The molecular weight excluding hydrogens is 256 g/mol. The number of aliphatic hydroxyl groups is 1. The molecule has 0 atom stereocenters. The smallest absolute Gasteiger partial charge is 0.267 e. The fourth-order valence-corrected chi connectivity index (χ4v) is 1.75. The number of methoxy groups -OCH3 is 1. The largest absolute Gasteiger partial charge is 0.497 e. The van der Waals surface area contributed by atoms with Crippen LogP contribution in [0.2, 0.25) is 0 Å².